The molecule has 0 aliphatic carbocycles. The number of nitrogens with zero attached hydrogens (tertiary/aromatic N) is 1. The Hall–Kier alpha value is -2.38. The van der Waals surface area contributed by atoms with Crippen LogP contribution in [-0.2, 0) is 11.2 Å². The summed E-state index contributed by atoms with van der Waals surface area (Å²) in [6, 6.07) is 2.84. The monoisotopic (exact) mass is 437 g/mol. The Morgan fingerprint density at radius 3 is 2.68 bits per heavy atom. The normalized spacial score (nSPS) is 21.5. The fourth-order valence-electron chi connectivity index (χ4n) is 3.93. The third kappa shape index (κ3) is 5.66. The fourth-order valence-corrected chi connectivity index (χ4v) is 3.93. The highest BCUT2D eigenvalue weighted by molar-refractivity contribution is 6.41. The van der Waals surface area contributed by atoms with Gasteiger partial charge in [0.05, 0.1) is 12.6 Å². The number of carbonyl (C=O) groups excluding carboxylic acids is 1. The van der Waals surface area contributed by atoms with Crippen molar-refractivity contribution in [3.05, 3.63) is 23.3 Å². The number of hydrogen-bond donors (Lipinski definition) is 7. The molecule has 12 heteroatoms. The Morgan fingerprint density at radius 2 is 2.03 bits per heavy atom. The number of benzene rings is 1. The van der Waals surface area contributed by atoms with Gasteiger partial charge in [0.1, 0.15) is 23.2 Å². The van der Waals surface area contributed by atoms with E-state index in [1.165, 1.54) is 12.1 Å². The molecule has 0 bridgehead atoms. The number of likely N-dealkylation sites (tertiary alicyclic amines) is 1. The van der Waals surface area contributed by atoms with Gasteiger partial charge in [0.15, 0.2) is 0 Å². The summed E-state index contributed by atoms with van der Waals surface area (Å²) in [4.78, 5) is 25.8. The van der Waals surface area contributed by atoms with Crippen molar-refractivity contribution >= 4 is 19.0 Å². The maximum absolute atomic E-state index is 12.0. The van der Waals surface area contributed by atoms with Gasteiger partial charge in [-0.3, -0.25) is 9.69 Å². The Labute approximate surface area is 179 Å². The Kier molecular flexibility index (Phi) is 7.73. The first kappa shape index (κ1) is 23.3. The van der Waals surface area contributed by atoms with Crippen LogP contribution >= 0.6 is 0 Å². The smallest absolute Gasteiger partial charge is 0.451 e. The second kappa shape index (κ2) is 10.3. The molecule has 7 N–H and O–H groups in total. The number of ether oxygens (including phenoxy) is 1. The van der Waals surface area contributed by atoms with E-state index < -0.39 is 18.8 Å². The predicted molar refractivity (Wildman–Crippen MR) is 110 cm³/mol. The molecule has 1 amide bonds. The molecular weight excluding hydrogens is 409 g/mol. The quantitative estimate of drug-likeness (QED) is 0.203. The Bertz CT molecular complexity index is 803. The summed E-state index contributed by atoms with van der Waals surface area (Å²) in [5.41, 5.74) is -0.0397. The molecule has 0 unspecified atom stereocenters. The van der Waals surface area contributed by atoms with Crippen LogP contribution in [0.2, 0.25) is 6.32 Å². The predicted octanol–water partition coefficient (Wildman–Crippen LogP) is -1.99. The van der Waals surface area contributed by atoms with E-state index in [-0.39, 0.29) is 61.3 Å². The van der Waals surface area contributed by atoms with Crippen LogP contribution in [0.1, 0.15) is 22.3 Å². The summed E-state index contributed by atoms with van der Waals surface area (Å²) < 4.78 is 5.81. The van der Waals surface area contributed by atoms with E-state index in [1.807, 2.05) is 0 Å². The lowest BCUT2D eigenvalue weighted by Crippen LogP contribution is -2.58. The summed E-state index contributed by atoms with van der Waals surface area (Å²) in [6.07, 6.45) is 0.475. The van der Waals surface area contributed by atoms with Crippen molar-refractivity contribution in [1.82, 2.24) is 15.5 Å². The minimum atomic E-state index is -1.55. The highest BCUT2D eigenvalue weighted by Gasteiger charge is 2.40. The molecule has 1 aromatic rings. The number of aliphatic hydroxyl groups is 1. The molecule has 0 saturated carbocycles. The van der Waals surface area contributed by atoms with E-state index in [0.29, 0.717) is 31.6 Å². The van der Waals surface area contributed by atoms with Crippen molar-refractivity contribution in [2.75, 3.05) is 32.8 Å². The van der Waals surface area contributed by atoms with Gasteiger partial charge in [-0.2, -0.15) is 0 Å². The lowest BCUT2D eigenvalue weighted by molar-refractivity contribution is -0.123. The Morgan fingerprint density at radius 1 is 1.29 bits per heavy atom. The van der Waals surface area contributed by atoms with Crippen LogP contribution in [0, 0.1) is 0 Å². The van der Waals surface area contributed by atoms with Crippen LogP contribution in [0.15, 0.2) is 12.1 Å². The molecule has 3 rings (SSSR count). The highest BCUT2D eigenvalue weighted by Crippen LogP contribution is 2.34. The van der Waals surface area contributed by atoms with Gasteiger partial charge in [-0.15, -0.1) is 0 Å². The van der Waals surface area contributed by atoms with Crippen LogP contribution in [-0.4, -0.2) is 100 Å². The van der Waals surface area contributed by atoms with Crippen LogP contribution in [0.5, 0.6) is 11.5 Å². The van der Waals surface area contributed by atoms with Crippen molar-refractivity contribution in [1.29, 1.82) is 0 Å². The van der Waals surface area contributed by atoms with Gasteiger partial charge in [-0.05, 0) is 30.8 Å². The first-order valence-electron chi connectivity index (χ1n) is 10.3. The van der Waals surface area contributed by atoms with Crippen molar-refractivity contribution in [2.45, 2.75) is 37.3 Å². The third-order valence-electron chi connectivity index (χ3n) is 5.63. The molecule has 11 nitrogen and oxygen atoms in total. The Balaban J connectivity index is 1.55. The van der Waals surface area contributed by atoms with E-state index >= 15 is 0 Å². The van der Waals surface area contributed by atoms with Crippen LogP contribution in [0.25, 0.3) is 0 Å². The van der Waals surface area contributed by atoms with Gasteiger partial charge < -0.3 is 40.7 Å². The topological polar surface area (TPSA) is 172 Å². The average molecular weight is 437 g/mol. The zero-order valence-corrected chi connectivity index (χ0v) is 17.0. The number of rotatable bonds is 10. The number of nitrogens with one attached hydrogen (secondary N) is 2. The fraction of sp³-hybridized carbons (Fsp3) is 0.579. The van der Waals surface area contributed by atoms with E-state index in [1.54, 1.807) is 0 Å². The van der Waals surface area contributed by atoms with Gasteiger partial charge in [-0.1, -0.05) is 6.07 Å². The SMILES string of the molecule is O=C(O)c1c(OC2CN([C@@H]3CN[C@H](C(=O)NCCO)C3)C2)ccc(CCB(O)O)c1O. The van der Waals surface area contributed by atoms with Gasteiger partial charge in [0, 0.05) is 32.2 Å². The lowest BCUT2D eigenvalue weighted by Gasteiger charge is -2.42. The van der Waals surface area contributed by atoms with Crippen LogP contribution < -0.4 is 15.4 Å². The molecular formula is C19H28BN3O8. The van der Waals surface area contributed by atoms with E-state index in [0.717, 1.165) is 0 Å². The summed E-state index contributed by atoms with van der Waals surface area (Å²) in [5.74, 6) is -1.83. The summed E-state index contributed by atoms with van der Waals surface area (Å²) >= 11 is 0. The minimum Gasteiger partial charge on any atom is -0.507 e. The number of aromatic hydroxyl groups is 1. The molecule has 0 spiro atoms. The number of amides is 1. The maximum atomic E-state index is 12.0. The second-order valence-electron chi connectivity index (χ2n) is 7.83. The van der Waals surface area contributed by atoms with E-state index in [9.17, 15) is 19.8 Å². The number of aromatic carboxylic acids is 1. The molecule has 2 aliphatic rings. The summed E-state index contributed by atoms with van der Waals surface area (Å²) in [5, 5.41) is 52.4. The van der Waals surface area contributed by atoms with E-state index in [4.69, 9.17) is 19.9 Å². The van der Waals surface area contributed by atoms with Gasteiger partial charge >= 0.3 is 13.1 Å². The summed E-state index contributed by atoms with van der Waals surface area (Å²) in [6.45, 7) is 1.90. The number of hydrogen-bond acceptors (Lipinski definition) is 9. The first-order valence-corrected chi connectivity index (χ1v) is 10.3. The number of aliphatic hydroxyl groups excluding tert-OH is 1. The van der Waals surface area contributed by atoms with Gasteiger partial charge in [0.25, 0.3) is 0 Å². The minimum absolute atomic E-state index is 0.0289. The number of carboxylic acid groups (broad SMARTS) is 1. The second-order valence-corrected chi connectivity index (χ2v) is 7.83. The molecule has 31 heavy (non-hydrogen) atoms. The molecule has 0 aromatic heterocycles. The van der Waals surface area contributed by atoms with Crippen molar-refractivity contribution < 1.29 is 39.7 Å². The molecule has 2 saturated heterocycles. The highest BCUT2D eigenvalue weighted by atomic mass is 16.5. The van der Waals surface area contributed by atoms with E-state index in [2.05, 4.69) is 15.5 Å². The molecule has 1 aromatic carbocycles. The molecule has 2 atom stereocenters. The summed E-state index contributed by atoms with van der Waals surface area (Å²) in [7, 11) is -1.55. The standard InChI is InChI=1S/C19H28BN3O8/c24-6-5-21-18(26)14-7-12(8-22-14)23-9-13(10-23)31-15-2-1-11(3-4-20(29)30)17(25)16(15)19(27)28/h1-2,12-14,22,24-25,29-30H,3-10H2,(H,21,26)(H,27,28)/t12-,14-/m0/s1. The van der Waals surface area contributed by atoms with Gasteiger partial charge in [0.2, 0.25) is 5.91 Å². The zero-order chi connectivity index (χ0) is 22.5. The molecule has 2 aliphatic heterocycles. The number of phenols is 1. The molecule has 0 radical (unpaired) electrons. The molecule has 2 fully saturated rings. The van der Waals surface area contributed by atoms with Crippen molar-refractivity contribution in [3.8, 4) is 11.5 Å². The van der Waals surface area contributed by atoms with Crippen LogP contribution in [0.3, 0.4) is 0 Å². The zero-order valence-electron chi connectivity index (χ0n) is 17.0. The first-order chi connectivity index (χ1) is 14.8. The largest absolute Gasteiger partial charge is 0.507 e. The number of carbonyl (C=O) groups is 2. The van der Waals surface area contributed by atoms with Crippen molar-refractivity contribution in [3.63, 3.8) is 0 Å². The maximum Gasteiger partial charge on any atom is 0.451 e. The molecule has 170 valence electrons. The number of aryl methyl sites for hydroxylation is 1. The third-order valence-corrected chi connectivity index (χ3v) is 5.63. The number of carboxylic acids is 1. The van der Waals surface area contributed by atoms with Crippen molar-refractivity contribution in [2.24, 2.45) is 0 Å². The lowest BCUT2D eigenvalue weighted by atomic mass is 9.82. The van der Waals surface area contributed by atoms with Crippen LogP contribution in [0.4, 0.5) is 0 Å². The molecule has 2 heterocycles. The average Bonchev–Trinajstić information content (AvgIpc) is 3.17. The van der Waals surface area contributed by atoms with Gasteiger partial charge in [-0.25, -0.2) is 4.79 Å².